The standard InChI is InChI=1S/C17H18N4O2.C5H8O2.CH4O.O.V/c1-11-17(23)13(12(10-22)8-19-11)9-18-7-6-16-20-14-4-2-3-5-15(14)21-16;1-4(6)3-5(2)7;1-2;;/h2-5,8-9,22-23H,6-7,10H2,1H3,(H,20,21);3,6H,1-2H3;2H,1H3;;/q;;;-2;+4/p-2/b;4-3-;;;. The van der Waals surface area contributed by atoms with E-state index in [-0.39, 0.29) is 47.9 Å². The van der Waals surface area contributed by atoms with E-state index in [4.69, 9.17) is 5.11 Å². The first kappa shape index (κ1) is 33.2. The topological polar surface area (TPSA) is 186 Å². The van der Waals surface area contributed by atoms with Gasteiger partial charge in [-0.1, -0.05) is 24.8 Å². The fourth-order valence-electron chi connectivity index (χ4n) is 2.65. The van der Waals surface area contributed by atoms with Gasteiger partial charge in [0.1, 0.15) is 5.82 Å². The largest absolute Gasteiger partial charge is 4.00 e. The van der Waals surface area contributed by atoms with E-state index in [9.17, 15) is 20.1 Å². The van der Waals surface area contributed by atoms with Gasteiger partial charge in [-0.05, 0) is 37.6 Å². The molecule has 0 saturated carbocycles. The van der Waals surface area contributed by atoms with Gasteiger partial charge in [-0.2, -0.15) is 0 Å². The normalized spacial score (nSPS) is 10.4. The molecule has 0 atom stereocenters. The van der Waals surface area contributed by atoms with Crippen molar-refractivity contribution in [2.24, 2.45) is 4.99 Å². The number of fused-ring (bicyclic) bond motifs is 1. The number of aromatic nitrogens is 3. The first-order valence-corrected chi connectivity index (χ1v) is 9.82. The quantitative estimate of drug-likeness (QED) is 0.250. The third-order valence-electron chi connectivity index (χ3n) is 4.05. The molecule has 181 valence electrons. The fraction of sp³-hybridized carbons (Fsp3) is 0.304. The van der Waals surface area contributed by atoms with Gasteiger partial charge >= 0.3 is 18.6 Å². The maximum Gasteiger partial charge on any atom is 4.00 e. The van der Waals surface area contributed by atoms with Crippen LogP contribution in [0.3, 0.4) is 0 Å². The maximum absolute atomic E-state index is 12.0. The van der Waals surface area contributed by atoms with Crippen molar-refractivity contribution in [1.82, 2.24) is 15.0 Å². The van der Waals surface area contributed by atoms with E-state index in [0.29, 0.717) is 29.8 Å². The molecule has 0 amide bonds. The van der Waals surface area contributed by atoms with Gasteiger partial charge in [0, 0.05) is 43.7 Å². The molecule has 0 aliphatic heterocycles. The minimum Gasteiger partial charge on any atom is -2.00 e. The second kappa shape index (κ2) is 17.5. The van der Waals surface area contributed by atoms with Gasteiger partial charge in [0.15, 0.2) is 5.78 Å². The number of aliphatic hydroxyl groups is 2. The van der Waals surface area contributed by atoms with Gasteiger partial charge in [-0.25, -0.2) is 4.98 Å². The van der Waals surface area contributed by atoms with E-state index in [1.165, 1.54) is 26.3 Å². The minimum absolute atomic E-state index is 0. The number of benzene rings is 1. The van der Waals surface area contributed by atoms with Crippen LogP contribution in [0.5, 0.6) is 5.75 Å². The Morgan fingerprint density at radius 1 is 1.24 bits per heavy atom. The molecule has 0 saturated heterocycles. The number of rotatable bonds is 6. The molecule has 10 nitrogen and oxygen atoms in total. The van der Waals surface area contributed by atoms with Crippen molar-refractivity contribution in [2.45, 2.75) is 33.8 Å². The number of nitrogens with zero attached hydrogens (tertiary/aromatic N) is 3. The van der Waals surface area contributed by atoms with Crippen LogP contribution in [0.25, 0.3) is 11.0 Å². The van der Waals surface area contributed by atoms with Crippen LogP contribution in [0.15, 0.2) is 47.3 Å². The third-order valence-corrected chi connectivity index (χ3v) is 4.05. The van der Waals surface area contributed by atoms with Crippen LogP contribution in [0, 0.1) is 6.92 Å². The summed E-state index contributed by atoms with van der Waals surface area (Å²) in [5, 5.41) is 38.3. The summed E-state index contributed by atoms with van der Waals surface area (Å²) in [7, 11) is 1.00. The zero-order valence-corrected chi connectivity index (χ0v) is 20.9. The summed E-state index contributed by atoms with van der Waals surface area (Å²) in [6.07, 6.45) is 4.74. The SMILES string of the molecule is CC(=O)/C=C(/C)[O-].CO.Cc1ncc(CO)c(C=NCCc2nc3ccccc3[nH]2)c1[O-].[O-2].[V+4]. The van der Waals surface area contributed by atoms with Crippen molar-refractivity contribution in [3.8, 4) is 5.75 Å². The van der Waals surface area contributed by atoms with E-state index in [0.717, 1.165) is 30.0 Å². The predicted molar refractivity (Wildman–Crippen MR) is 120 cm³/mol. The van der Waals surface area contributed by atoms with E-state index in [1.807, 2.05) is 24.3 Å². The Balaban J connectivity index is 0. The summed E-state index contributed by atoms with van der Waals surface area (Å²) in [5.74, 6) is 0.294. The Bertz CT molecular complexity index is 1050. The maximum atomic E-state index is 12.0. The molecule has 0 spiro atoms. The summed E-state index contributed by atoms with van der Waals surface area (Å²) in [6, 6.07) is 7.84. The van der Waals surface area contributed by atoms with Crippen LogP contribution < -0.4 is 10.2 Å². The summed E-state index contributed by atoms with van der Waals surface area (Å²) in [5.41, 5.74) is 3.24. The van der Waals surface area contributed by atoms with Crippen molar-refractivity contribution >= 4 is 23.0 Å². The van der Waals surface area contributed by atoms with Crippen molar-refractivity contribution < 1.29 is 49.3 Å². The Kier molecular flexibility index (Phi) is 17.0. The zero-order valence-electron chi connectivity index (χ0n) is 19.5. The number of carbonyl (C=O) groups is 1. The second-order valence-electron chi connectivity index (χ2n) is 6.62. The number of allylic oxidation sites excluding steroid dienone is 2. The molecule has 2 heterocycles. The van der Waals surface area contributed by atoms with Crippen LogP contribution in [-0.4, -0.2) is 50.8 Å². The van der Waals surface area contributed by atoms with E-state index in [1.54, 1.807) is 6.92 Å². The Morgan fingerprint density at radius 2 is 1.88 bits per heavy atom. The number of para-hydroxylation sites is 2. The molecule has 0 fully saturated rings. The zero-order chi connectivity index (χ0) is 24.1. The van der Waals surface area contributed by atoms with Gasteiger partial charge in [0.2, 0.25) is 0 Å². The van der Waals surface area contributed by atoms with Crippen molar-refractivity contribution in [3.05, 3.63) is 64.9 Å². The third kappa shape index (κ3) is 10.7. The molecule has 0 aliphatic rings. The number of aliphatic hydroxyl groups excluding tert-OH is 2. The van der Waals surface area contributed by atoms with E-state index in [2.05, 4.69) is 19.9 Å². The molecule has 11 heteroatoms. The van der Waals surface area contributed by atoms with Gasteiger partial charge in [0.05, 0.1) is 17.6 Å². The van der Waals surface area contributed by atoms with Crippen LogP contribution >= 0.6 is 0 Å². The average molecular weight is 507 g/mol. The first-order chi connectivity index (χ1) is 15.3. The van der Waals surface area contributed by atoms with Crippen molar-refractivity contribution in [1.29, 1.82) is 0 Å². The molecule has 1 radical (unpaired) electrons. The fourth-order valence-corrected chi connectivity index (χ4v) is 2.65. The summed E-state index contributed by atoms with van der Waals surface area (Å²) in [4.78, 5) is 26.0. The van der Waals surface area contributed by atoms with E-state index < -0.39 is 0 Å². The molecular weight excluding hydrogens is 479 g/mol. The molecule has 0 aliphatic carbocycles. The number of aromatic amines is 1. The van der Waals surface area contributed by atoms with Gasteiger partial charge in [-0.3, -0.25) is 14.8 Å². The molecule has 0 bridgehead atoms. The van der Waals surface area contributed by atoms with Gasteiger partial charge < -0.3 is 30.9 Å². The number of hydrogen-bond donors (Lipinski definition) is 3. The molecule has 2 aromatic heterocycles. The van der Waals surface area contributed by atoms with Gasteiger partial charge in [0.25, 0.3) is 0 Å². The minimum atomic E-state index is -0.229. The molecule has 0 unspecified atom stereocenters. The number of aliphatic imine (C=N–C) groups is 1. The van der Waals surface area contributed by atoms with Crippen LogP contribution in [-0.2, 0) is 41.9 Å². The molecule has 3 rings (SSSR count). The monoisotopic (exact) mass is 507 g/mol. The average Bonchev–Trinajstić information content (AvgIpc) is 3.18. The predicted octanol–water partition coefficient (Wildman–Crippen LogP) is 0.821. The number of carbonyl (C=O) groups excluding carboxylic acids is 1. The van der Waals surface area contributed by atoms with Crippen LogP contribution in [0.2, 0.25) is 0 Å². The molecule has 34 heavy (non-hydrogen) atoms. The van der Waals surface area contributed by atoms with Crippen LogP contribution in [0.4, 0.5) is 0 Å². The Labute approximate surface area is 210 Å². The molecular formula is C23H28N4O6V. The number of ketones is 1. The second-order valence-corrected chi connectivity index (χ2v) is 6.62. The van der Waals surface area contributed by atoms with Crippen molar-refractivity contribution in [2.75, 3.05) is 13.7 Å². The summed E-state index contributed by atoms with van der Waals surface area (Å²) >= 11 is 0. The number of aryl methyl sites for hydroxylation is 1. The smallest absolute Gasteiger partial charge is 2.00 e. The molecule has 3 N–H and O–H groups in total. The number of H-pyrrole nitrogens is 1. The first-order valence-electron chi connectivity index (χ1n) is 9.82. The molecule has 3 aromatic rings. The number of imidazole rings is 1. The van der Waals surface area contributed by atoms with Crippen LogP contribution in [0.1, 0.15) is 36.5 Å². The van der Waals surface area contributed by atoms with Gasteiger partial charge in [-0.15, -0.1) is 5.76 Å². The Morgan fingerprint density at radius 3 is 2.41 bits per heavy atom. The van der Waals surface area contributed by atoms with E-state index >= 15 is 0 Å². The van der Waals surface area contributed by atoms with Crippen molar-refractivity contribution in [3.63, 3.8) is 0 Å². The number of pyridine rings is 1. The number of nitrogens with one attached hydrogen (secondary N) is 1. The Hall–Kier alpha value is -3.02. The number of hydrogen-bond acceptors (Lipinski definition) is 8. The summed E-state index contributed by atoms with van der Waals surface area (Å²) < 4.78 is 0. The summed E-state index contributed by atoms with van der Waals surface area (Å²) in [6.45, 7) is 4.62. The molecule has 1 aromatic carbocycles.